The van der Waals surface area contributed by atoms with E-state index in [-0.39, 0.29) is 42.3 Å². The van der Waals surface area contributed by atoms with Crippen LogP contribution in [0.3, 0.4) is 0 Å². The fourth-order valence-corrected chi connectivity index (χ4v) is 5.23. The first kappa shape index (κ1) is 19.5. The van der Waals surface area contributed by atoms with Crippen molar-refractivity contribution in [1.29, 1.82) is 5.26 Å². The molecule has 1 aliphatic carbocycles. The van der Waals surface area contributed by atoms with Crippen molar-refractivity contribution in [3.63, 3.8) is 0 Å². The predicted octanol–water partition coefficient (Wildman–Crippen LogP) is 2.20. The van der Waals surface area contributed by atoms with Crippen LogP contribution in [0.2, 0.25) is 0 Å². The van der Waals surface area contributed by atoms with Gasteiger partial charge in [0.1, 0.15) is 22.7 Å². The Hall–Kier alpha value is -3.20. The zero-order valence-corrected chi connectivity index (χ0v) is 16.7. The van der Waals surface area contributed by atoms with Gasteiger partial charge in [-0.15, -0.1) is 10.2 Å². The van der Waals surface area contributed by atoms with E-state index in [9.17, 15) is 22.8 Å². The minimum Gasteiger partial charge on any atom is -0.425 e. The van der Waals surface area contributed by atoms with Gasteiger partial charge in [0.2, 0.25) is 11.8 Å². The number of hydrogen-bond acceptors (Lipinski definition) is 7. The summed E-state index contributed by atoms with van der Waals surface area (Å²) in [5.74, 6) is -0.0469. The van der Waals surface area contributed by atoms with Gasteiger partial charge in [0.15, 0.2) is 5.82 Å². The molecule has 3 fully saturated rings. The van der Waals surface area contributed by atoms with E-state index in [2.05, 4.69) is 20.6 Å². The van der Waals surface area contributed by atoms with Gasteiger partial charge < -0.3 is 14.6 Å². The summed E-state index contributed by atoms with van der Waals surface area (Å²) in [6.45, 7) is 1.21. The smallest absolute Gasteiger partial charge is 0.397 e. The molecule has 5 heterocycles. The van der Waals surface area contributed by atoms with Crippen LogP contribution in [0.1, 0.15) is 23.9 Å². The van der Waals surface area contributed by atoms with Gasteiger partial charge in [0.25, 0.3) is 0 Å². The van der Waals surface area contributed by atoms with Gasteiger partial charge in [-0.3, -0.25) is 0 Å². The van der Waals surface area contributed by atoms with E-state index in [0.29, 0.717) is 18.2 Å². The molecule has 8 nitrogen and oxygen atoms in total. The number of rotatable bonds is 4. The lowest BCUT2D eigenvalue weighted by molar-refractivity contribution is -0.187. The van der Waals surface area contributed by atoms with E-state index >= 15 is 0 Å². The summed E-state index contributed by atoms with van der Waals surface area (Å²) < 4.78 is 64.2. The van der Waals surface area contributed by atoms with Crippen molar-refractivity contribution in [3.8, 4) is 6.07 Å². The molecule has 3 aliphatic rings. The third kappa shape index (κ3) is 2.42. The van der Waals surface area contributed by atoms with Crippen LogP contribution in [0.4, 0.5) is 23.2 Å². The summed E-state index contributed by atoms with van der Waals surface area (Å²) >= 11 is 0. The highest BCUT2D eigenvalue weighted by atomic mass is 19.4. The van der Waals surface area contributed by atoms with Crippen LogP contribution in [-0.2, 0) is 11.8 Å². The molecule has 32 heavy (non-hydrogen) atoms. The largest absolute Gasteiger partial charge is 0.425 e. The van der Waals surface area contributed by atoms with Gasteiger partial charge in [-0.1, -0.05) is 0 Å². The number of aromatic nitrogens is 4. The van der Waals surface area contributed by atoms with E-state index in [0.717, 1.165) is 23.8 Å². The summed E-state index contributed by atoms with van der Waals surface area (Å²) in [6, 6.07) is 4.79. The molecule has 1 N–H and O–H groups in total. The second-order valence-corrected chi connectivity index (χ2v) is 8.89. The summed E-state index contributed by atoms with van der Waals surface area (Å²) in [4.78, 5) is 1.48. The van der Waals surface area contributed by atoms with E-state index in [4.69, 9.17) is 4.42 Å². The molecule has 2 atom stereocenters. The molecule has 2 aliphatic heterocycles. The Morgan fingerprint density at radius 2 is 2.06 bits per heavy atom. The Bertz CT molecular complexity index is 1270. The number of fused-ring (bicyclic) bond motifs is 2. The number of nitriles is 1. The van der Waals surface area contributed by atoms with E-state index < -0.39 is 22.8 Å². The highest BCUT2D eigenvalue weighted by Crippen LogP contribution is 2.75. The van der Waals surface area contributed by atoms with Crippen molar-refractivity contribution in [2.45, 2.75) is 24.4 Å². The van der Waals surface area contributed by atoms with Crippen molar-refractivity contribution in [2.75, 3.05) is 31.1 Å². The monoisotopic (exact) mass is 447 g/mol. The van der Waals surface area contributed by atoms with Gasteiger partial charge in [0.05, 0.1) is 17.3 Å². The number of anilines is 1. The number of nitrogens with zero attached hydrogens (tertiary/aromatic N) is 6. The molecule has 3 aromatic heterocycles. The van der Waals surface area contributed by atoms with E-state index in [1.54, 1.807) is 0 Å². The molecule has 6 rings (SSSR count). The molecule has 12 heteroatoms. The number of alkyl halides is 3. The Morgan fingerprint density at radius 3 is 2.75 bits per heavy atom. The quantitative estimate of drug-likeness (QED) is 0.613. The van der Waals surface area contributed by atoms with E-state index in [1.165, 1.54) is 17.0 Å². The van der Waals surface area contributed by atoms with Crippen LogP contribution in [0.15, 0.2) is 22.7 Å². The third-order valence-electron chi connectivity index (χ3n) is 7.11. The molecule has 0 radical (unpaired) electrons. The summed E-state index contributed by atoms with van der Waals surface area (Å²) in [5, 5.41) is 24.3. The standard InChI is InChI=1S/C20H17F4N7O/c21-13-7-27-31-12(4-25)1-2-14(16(13)31)30-9-18(8-19(18,10-30)20(22,23)24)17-29-28-15(32-17)3-11-5-26-6-11/h1-2,7,11,26H,3,5-6,8-10H2/t18-,19-/m0/s1. The fourth-order valence-electron chi connectivity index (χ4n) is 5.23. The Morgan fingerprint density at radius 1 is 1.25 bits per heavy atom. The Balaban J connectivity index is 1.40. The maximum atomic E-state index is 14.5. The van der Waals surface area contributed by atoms with E-state index in [1.807, 2.05) is 6.07 Å². The SMILES string of the molecule is N#Cc1ccc(N2C[C@]3(c4nnc(CC5CNC5)o4)C[C@]3(C(F)(F)F)C2)c2c(F)cnn12. The number of piperidine rings is 1. The highest BCUT2D eigenvalue weighted by molar-refractivity contribution is 5.76. The molecule has 0 spiro atoms. The second-order valence-electron chi connectivity index (χ2n) is 8.89. The predicted molar refractivity (Wildman–Crippen MR) is 101 cm³/mol. The maximum Gasteiger partial charge on any atom is 0.397 e. The van der Waals surface area contributed by atoms with Crippen molar-refractivity contribution < 1.29 is 22.0 Å². The van der Waals surface area contributed by atoms with Crippen LogP contribution in [0.25, 0.3) is 5.52 Å². The lowest BCUT2D eigenvalue weighted by atomic mass is 9.95. The average Bonchev–Trinajstić information content (AvgIpc) is 3.12. The van der Waals surface area contributed by atoms with Crippen LogP contribution in [0.5, 0.6) is 0 Å². The second kappa shape index (κ2) is 6.19. The van der Waals surface area contributed by atoms with Gasteiger partial charge in [-0.05, 0) is 37.6 Å². The van der Waals surface area contributed by atoms with Gasteiger partial charge in [0, 0.05) is 19.5 Å². The third-order valence-corrected chi connectivity index (χ3v) is 7.11. The van der Waals surface area contributed by atoms with Crippen LogP contribution >= 0.6 is 0 Å². The molecular weight excluding hydrogens is 430 g/mol. The molecular formula is C20H17F4N7O. The molecule has 0 aromatic carbocycles. The molecule has 0 bridgehead atoms. The summed E-state index contributed by atoms with van der Waals surface area (Å²) in [5.41, 5.74) is -3.13. The Kier molecular flexibility index (Phi) is 3.77. The van der Waals surface area contributed by atoms with Crippen LogP contribution in [-0.4, -0.2) is 52.2 Å². The first-order chi connectivity index (χ1) is 15.3. The minimum absolute atomic E-state index is 0.0155. The minimum atomic E-state index is -4.50. The van der Waals surface area contributed by atoms with Crippen LogP contribution in [0, 0.1) is 28.5 Å². The summed E-state index contributed by atoms with van der Waals surface area (Å²) in [6.07, 6.45) is -3.18. The molecule has 0 unspecified atom stereocenters. The molecule has 3 aromatic rings. The number of pyridine rings is 1. The molecule has 166 valence electrons. The number of hydrogen-bond donors (Lipinski definition) is 1. The highest BCUT2D eigenvalue weighted by Gasteiger charge is 2.86. The first-order valence-corrected chi connectivity index (χ1v) is 10.2. The van der Waals surface area contributed by atoms with Crippen molar-refractivity contribution >= 4 is 11.2 Å². The van der Waals surface area contributed by atoms with Gasteiger partial charge >= 0.3 is 6.18 Å². The maximum absolute atomic E-state index is 14.5. The fraction of sp³-hybridized carbons (Fsp3) is 0.500. The molecule has 0 amide bonds. The Labute approximate surface area is 178 Å². The van der Waals surface area contributed by atoms with Gasteiger partial charge in [-0.2, -0.15) is 23.5 Å². The summed E-state index contributed by atoms with van der Waals surface area (Å²) in [7, 11) is 0. The van der Waals surface area contributed by atoms with Gasteiger partial charge in [-0.25, -0.2) is 8.91 Å². The zero-order chi connectivity index (χ0) is 22.3. The van der Waals surface area contributed by atoms with Crippen LogP contribution < -0.4 is 10.2 Å². The van der Waals surface area contributed by atoms with Crippen molar-refractivity contribution in [3.05, 3.63) is 41.6 Å². The molecule has 2 saturated heterocycles. The van der Waals surface area contributed by atoms with Crippen molar-refractivity contribution in [1.82, 2.24) is 25.1 Å². The topological polar surface area (TPSA) is 95.3 Å². The zero-order valence-electron chi connectivity index (χ0n) is 16.7. The molecule has 1 saturated carbocycles. The lowest BCUT2D eigenvalue weighted by Crippen LogP contribution is -2.43. The average molecular weight is 447 g/mol. The number of nitrogens with one attached hydrogen (secondary N) is 1. The van der Waals surface area contributed by atoms with Crippen molar-refractivity contribution in [2.24, 2.45) is 11.3 Å². The lowest BCUT2D eigenvalue weighted by Gasteiger charge is -2.25. The first-order valence-electron chi connectivity index (χ1n) is 10.2. The normalized spacial score (nSPS) is 27.4. The number of halogens is 4.